The molecule has 0 radical (unpaired) electrons. The molecule has 5 heteroatoms. The van der Waals surface area contributed by atoms with Crippen molar-refractivity contribution < 1.29 is 4.39 Å². The predicted octanol–water partition coefficient (Wildman–Crippen LogP) is 4.37. The van der Waals surface area contributed by atoms with Crippen molar-refractivity contribution in [1.82, 2.24) is 15.0 Å². The average molecular weight is 324 g/mol. The summed E-state index contributed by atoms with van der Waals surface area (Å²) >= 11 is 0. The van der Waals surface area contributed by atoms with E-state index in [0.29, 0.717) is 0 Å². The number of aromatic amines is 1. The lowest BCUT2D eigenvalue weighted by Gasteiger charge is -2.28. The van der Waals surface area contributed by atoms with Crippen molar-refractivity contribution in [2.75, 3.05) is 18.0 Å². The number of piperidine rings is 1. The number of aryl methyl sites for hydroxylation is 2. The molecular weight excluding hydrogens is 303 g/mol. The number of halogens is 1. The highest BCUT2D eigenvalue weighted by Crippen LogP contribution is 2.33. The molecule has 0 spiro atoms. The molecule has 0 unspecified atom stereocenters. The molecule has 0 atom stereocenters. The van der Waals surface area contributed by atoms with Gasteiger partial charge in [-0.25, -0.2) is 14.4 Å². The van der Waals surface area contributed by atoms with Gasteiger partial charge in [-0.05, 0) is 62.9 Å². The van der Waals surface area contributed by atoms with E-state index in [2.05, 4.69) is 21.8 Å². The Kier molecular flexibility index (Phi) is 3.71. The highest BCUT2D eigenvalue weighted by molar-refractivity contribution is 5.94. The summed E-state index contributed by atoms with van der Waals surface area (Å²) in [4.78, 5) is 15.2. The van der Waals surface area contributed by atoms with Gasteiger partial charge in [-0.1, -0.05) is 0 Å². The second-order valence-corrected chi connectivity index (χ2v) is 6.50. The maximum Gasteiger partial charge on any atom is 0.156 e. The summed E-state index contributed by atoms with van der Waals surface area (Å²) in [7, 11) is 0. The van der Waals surface area contributed by atoms with Crippen LogP contribution < -0.4 is 4.90 Å². The fraction of sp³-hybridized carbons (Fsp3) is 0.368. The van der Waals surface area contributed by atoms with Crippen molar-refractivity contribution in [2.45, 2.75) is 33.1 Å². The van der Waals surface area contributed by atoms with E-state index in [1.807, 2.05) is 6.92 Å². The quantitative estimate of drug-likeness (QED) is 0.761. The van der Waals surface area contributed by atoms with Gasteiger partial charge in [0.1, 0.15) is 17.2 Å². The Bertz CT molecular complexity index is 877. The van der Waals surface area contributed by atoms with Crippen LogP contribution in [0, 0.1) is 19.7 Å². The van der Waals surface area contributed by atoms with Crippen LogP contribution in [-0.2, 0) is 0 Å². The van der Waals surface area contributed by atoms with Gasteiger partial charge in [0.2, 0.25) is 0 Å². The summed E-state index contributed by atoms with van der Waals surface area (Å²) in [5.41, 5.74) is 4.99. The number of aromatic nitrogens is 3. The molecule has 0 bridgehead atoms. The molecule has 2 aromatic heterocycles. The second-order valence-electron chi connectivity index (χ2n) is 6.50. The van der Waals surface area contributed by atoms with Gasteiger partial charge in [-0.2, -0.15) is 0 Å². The number of nitrogens with one attached hydrogen (secondary N) is 1. The van der Waals surface area contributed by atoms with Gasteiger partial charge < -0.3 is 9.88 Å². The van der Waals surface area contributed by atoms with E-state index in [1.54, 1.807) is 12.1 Å². The molecule has 24 heavy (non-hydrogen) atoms. The molecule has 3 heterocycles. The molecular formula is C19H21FN4. The maximum atomic E-state index is 13.2. The molecule has 1 N–H and O–H groups in total. The first kappa shape index (κ1) is 15.1. The van der Waals surface area contributed by atoms with Gasteiger partial charge in [-0.3, -0.25) is 0 Å². The lowest BCUT2D eigenvalue weighted by atomic mass is 10.1. The summed E-state index contributed by atoms with van der Waals surface area (Å²) in [6, 6.07) is 6.58. The lowest BCUT2D eigenvalue weighted by Crippen LogP contribution is -2.30. The zero-order chi connectivity index (χ0) is 16.7. The predicted molar refractivity (Wildman–Crippen MR) is 94.8 cm³/mol. The highest BCUT2D eigenvalue weighted by Gasteiger charge is 2.20. The Labute approximate surface area is 140 Å². The van der Waals surface area contributed by atoms with E-state index in [0.717, 1.165) is 52.6 Å². The number of anilines is 1. The lowest BCUT2D eigenvalue weighted by molar-refractivity contribution is 0.574. The third-order valence-electron chi connectivity index (χ3n) is 4.77. The number of nitrogens with zero attached hydrogens (tertiary/aromatic N) is 3. The van der Waals surface area contributed by atoms with Crippen molar-refractivity contribution in [2.24, 2.45) is 0 Å². The minimum atomic E-state index is -0.225. The minimum Gasteiger partial charge on any atom is -0.355 e. The molecule has 3 aromatic rings. The van der Waals surface area contributed by atoms with Crippen LogP contribution in [0.4, 0.5) is 10.2 Å². The number of H-pyrrole nitrogens is 1. The molecule has 1 aliphatic heterocycles. The smallest absolute Gasteiger partial charge is 0.156 e. The number of hydrogen-bond donors (Lipinski definition) is 1. The van der Waals surface area contributed by atoms with Gasteiger partial charge in [0.25, 0.3) is 0 Å². The first-order valence-corrected chi connectivity index (χ1v) is 8.51. The molecule has 1 fully saturated rings. The summed E-state index contributed by atoms with van der Waals surface area (Å²) in [5.74, 6) is 1.56. The molecule has 1 aliphatic rings. The van der Waals surface area contributed by atoms with Crippen LogP contribution in [0.5, 0.6) is 0 Å². The number of hydrogen-bond acceptors (Lipinski definition) is 3. The van der Waals surface area contributed by atoms with Crippen LogP contribution >= 0.6 is 0 Å². The van der Waals surface area contributed by atoms with E-state index in [4.69, 9.17) is 4.98 Å². The molecule has 4 nitrogen and oxygen atoms in total. The van der Waals surface area contributed by atoms with Crippen molar-refractivity contribution >= 4 is 16.9 Å². The van der Waals surface area contributed by atoms with Gasteiger partial charge in [0.15, 0.2) is 5.82 Å². The molecule has 4 rings (SSSR count). The van der Waals surface area contributed by atoms with Crippen molar-refractivity contribution in [1.29, 1.82) is 0 Å². The topological polar surface area (TPSA) is 44.8 Å². The molecule has 124 valence electrons. The van der Waals surface area contributed by atoms with Crippen LogP contribution in [0.1, 0.15) is 30.7 Å². The molecule has 1 aromatic carbocycles. The Hall–Kier alpha value is -2.43. The fourth-order valence-corrected chi connectivity index (χ4v) is 3.52. The molecule has 0 saturated carbocycles. The number of fused-ring (bicyclic) bond motifs is 1. The van der Waals surface area contributed by atoms with Crippen LogP contribution in [-0.4, -0.2) is 28.0 Å². The summed E-state index contributed by atoms with van der Waals surface area (Å²) in [6.45, 7) is 6.08. The highest BCUT2D eigenvalue weighted by atomic mass is 19.1. The van der Waals surface area contributed by atoms with Crippen molar-refractivity contribution in [3.63, 3.8) is 0 Å². The van der Waals surface area contributed by atoms with Gasteiger partial charge in [0, 0.05) is 18.7 Å². The average Bonchev–Trinajstić information content (AvgIpc) is 2.93. The first-order valence-electron chi connectivity index (χ1n) is 8.51. The number of benzene rings is 1. The van der Waals surface area contributed by atoms with Crippen LogP contribution in [0.25, 0.3) is 22.3 Å². The number of rotatable bonds is 2. The summed E-state index contributed by atoms with van der Waals surface area (Å²) in [6.07, 6.45) is 3.69. The van der Waals surface area contributed by atoms with E-state index < -0.39 is 0 Å². The maximum absolute atomic E-state index is 13.2. The van der Waals surface area contributed by atoms with Crippen LogP contribution in [0.2, 0.25) is 0 Å². The molecule has 0 aliphatic carbocycles. The Morgan fingerprint density at radius 3 is 2.42 bits per heavy atom. The van der Waals surface area contributed by atoms with Crippen molar-refractivity contribution in [3.8, 4) is 11.3 Å². The Morgan fingerprint density at radius 2 is 1.71 bits per heavy atom. The van der Waals surface area contributed by atoms with E-state index in [9.17, 15) is 4.39 Å². The van der Waals surface area contributed by atoms with Crippen molar-refractivity contribution in [3.05, 3.63) is 41.5 Å². The largest absolute Gasteiger partial charge is 0.355 e. The Morgan fingerprint density at radius 1 is 1.00 bits per heavy atom. The molecule has 0 amide bonds. The SMILES string of the molecule is Cc1nc(N2CCCCC2)c2[nH]c(-c3ccc(F)cc3)c(C)c2n1. The monoisotopic (exact) mass is 324 g/mol. The minimum absolute atomic E-state index is 0.225. The standard InChI is InChI=1S/C19H21FN4/c1-12-16(14-6-8-15(20)9-7-14)23-18-17(12)21-13(2)22-19(18)24-10-4-3-5-11-24/h6-9,23H,3-5,10-11H2,1-2H3. The Balaban J connectivity index is 1.89. The van der Waals surface area contributed by atoms with Gasteiger partial charge in [0.05, 0.1) is 11.2 Å². The van der Waals surface area contributed by atoms with Crippen LogP contribution in [0.15, 0.2) is 24.3 Å². The third-order valence-corrected chi connectivity index (χ3v) is 4.77. The summed E-state index contributed by atoms with van der Waals surface area (Å²) < 4.78 is 13.2. The molecule has 1 saturated heterocycles. The summed E-state index contributed by atoms with van der Waals surface area (Å²) in [5, 5.41) is 0. The van der Waals surface area contributed by atoms with Gasteiger partial charge >= 0.3 is 0 Å². The third kappa shape index (κ3) is 2.54. The van der Waals surface area contributed by atoms with E-state index in [1.165, 1.54) is 31.4 Å². The zero-order valence-electron chi connectivity index (χ0n) is 14.1. The van der Waals surface area contributed by atoms with Gasteiger partial charge in [-0.15, -0.1) is 0 Å². The fourth-order valence-electron chi connectivity index (χ4n) is 3.52. The van der Waals surface area contributed by atoms with E-state index >= 15 is 0 Å². The second kappa shape index (κ2) is 5.89. The van der Waals surface area contributed by atoms with Crippen LogP contribution in [0.3, 0.4) is 0 Å². The zero-order valence-corrected chi connectivity index (χ0v) is 14.1. The first-order chi connectivity index (χ1) is 11.6. The van der Waals surface area contributed by atoms with E-state index in [-0.39, 0.29) is 5.82 Å². The normalized spacial score (nSPS) is 15.2.